The van der Waals surface area contributed by atoms with Crippen LogP contribution in [0.1, 0.15) is 23.1 Å². The Morgan fingerprint density at radius 3 is 2.44 bits per heavy atom. The normalized spacial score (nSPS) is 20.8. The van der Waals surface area contributed by atoms with Gasteiger partial charge in [0.15, 0.2) is 0 Å². The molecule has 2 aliphatic heterocycles. The van der Waals surface area contributed by atoms with Gasteiger partial charge < -0.3 is 0 Å². The van der Waals surface area contributed by atoms with Crippen molar-refractivity contribution >= 4 is 11.8 Å². The Morgan fingerprint density at radius 2 is 1.64 bits per heavy atom. The molecular weight excluding hydrogens is 312 g/mol. The molecule has 4 heteroatoms. The number of amides is 2. The summed E-state index contributed by atoms with van der Waals surface area (Å²) in [4.78, 5) is 28.8. The average molecular weight is 334 g/mol. The van der Waals surface area contributed by atoms with E-state index in [1.807, 2.05) is 36.4 Å². The molecule has 0 bridgehead atoms. The van der Waals surface area contributed by atoms with Crippen LogP contribution in [0.5, 0.6) is 0 Å². The van der Waals surface area contributed by atoms with Crippen molar-refractivity contribution in [3.63, 3.8) is 0 Å². The van der Waals surface area contributed by atoms with E-state index >= 15 is 0 Å². The van der Waals surface area contributed by atoms with E-state index in [1.54, 1.807) is 0 Å². The lowest BCUT2D eigenvalue weighted by molar-refractivity contribution is -0.139. The van der Waals surface area contributed by atoms with Gasteiger partial charge in [-0.05, 0) is 29.5 Å². The minimum atomic E-state index is -0.295. The van der Waals surface area contributed by atoms with Crippen LogP contribution < -0.4 is 0 Å². The molecular formula is C21H22N2O2. The molecule has 0 unspecified atom stereocenters. The van der Waals surface area contributed by atoms with Crippen LogP contribution in [0.25, 0.3) is 0 Å². The van der Waals surface area contributed by atoms with Crippen molar-refractivity contribution in [3.8, 4) is 0 Å². The van der Waals surface area contributed by atoms with Gasteiger partial charge in [-0.3, -0.25) is 19.4 Å². The summed E-state index contributed by atoms with van der Waals surface area (Å²) in [5, 5.41) is 0. The molecule has 25 heavy (non-hydrogen) atoms. The Hall–Kier alpha value is -2.46. The number of likely N-dealkylation sites (tertiary alicyclic amines) is 1. The molecule has 2 aliphatic rings. The Labute approximate surface area is 148 Å². The fourth-order valence-corrected chi connectivity index (χ4v) is 3.86. The number of hydrogen-bond acceptors (Lipinski definition) is 3. The Balaban J connectivity index is 1.43. The third kappa shape index (κ3) is 3.22. The maximum atomic E-state index is 12.8. The quantitative estimate of drug-likeness (QED) is 0.806. The summed E-state index contributed by atoms with van der Waals surface area (Å²) >= 11 is 0. The van der Waals surface area contributed by atoms with E-state index in [0.29, 0.717) is 19.4 Å². The summed E-state index contributed by atoms with van der Waals surface area (Å²) in [5.41, 5.74) is 3.78. The Morgan fingerprint density at radius 1 is 0.920 bits per heavy atom. The second-order valence-electron chi connectivity index (χ2n) is 6.83. The fourth-order valence-electron chi connectivity index (χ4n) is 3.86. The van der Waals surface area contributed by atoms with Crippen LogP contribution in [-0.2, 0) is 29.0 Å². The first-order valence-corrected chi connectivity index (χ1v) is 8.91. The van der Waals surface area contributed by atoms with Crippen molar-refractivity contribution in [2.75, 3.05) is 13.1 Å². The second-order valence-corrected chi connectivity index (χ2v) is 6.83. The topological polar surface area (TPSA) is 40.6 Å². The van der Waals surface area contributed by atoms with Crippen LogP contribution in [0.15, 0.2) is 54.6 Å². The maximum absolute atomic E-state index is 12.8. The molecule has 2 heterocycles. The molecule has 0 spiro atoms. The van der Waals surface area contributed by atoms with Crippen LogP contribution >= 0.6 is 0 Å². The summed E-state index contributed by atoms with van der Waals surface area (Å²) in [6.45, 7) is 2.07. The lowest BCUT2D eigenvalue weighted by Gasteiger charge is -2.32. The number of hydrogen-bond donors (Lipinski definition) is 0. The highest BCUT2D eigenvalue weighted by Gasteiger charge is 2.42. The predicted octanol–water partition coefficient (Wildman–Crippen LogP) is 2.41. The molecule has 0 N–H and O–H groups in total. The minimum absolute atomic E-state index is 0.0275. The highest BCUT2D eigenvalue weighted by atomic mass is 16.2. The van der Waals surface area contributed by atoms with E-state index in [-0.39, 0.29) is 17.9 Å². The summed E-state index contributed by atoms with van der Waals surface area (Å²) < 4.78 is 0. The Kier molecular flexibility index (Phi) is 4.36. The van der Waals surface area contributed by atoms with Crippen LogP contribution in [0, 0.1) is 0 Å². The molecule has 2 amide bonds. The van der Waals surface area contributed by atoms with Gasteiger partial charge >= 0.3 is 0 Å². The van der Waals surface area contributed by atoms with Gasteiger partial charge in [0.25, 0.3) is 0 Å². The second kappa shape index (κ2) is 6.81. The van der Waals surface area contributed by atoms with E-state index in [9.17, 15) is 9.59 Å². The number of carbonyl (C=O) groups is 2. The molecule has 1 fully saturated rings. The van der Waals surface area contributed by atoms with E-state index in [2.05, 4.69) is 23.1 Å². The largest absolute Gasteiger partial charge is 0.287 e. The molecule has 2 aromatic rings. The lowest BCUT2D eigenvalue weighted by atomic mass is 9.98. The summed E-state index contributed by atoms with van der Waals surface area (Å²) in [7, 11) is 0. The van der Waals surface area contributed by atoms with Crippen molar-refractivity contribution in [2.24, 2.45) is 0 Å². The van der Waals surface area contributed by atoms with Crippen LogP contribution in [0.4, 0.5) is 0 Å². The van der Waals surface area contributed by atoms with Crippen molar-refractivity contribution in [2.45, 2.75) is 31.8 Å². The zero-order chi connectivity index (χ0) is 17.2. The first-order chi connectivity index (χ1) is 12.2. The smallest absolute Gasteiger partial charge is 0.247 e. The van der Waals surface area contributed by atoms with Gasteiger partial charge in [-0.2, -0.15) is 0 Å². The van der Waals surface area contributed by atoms with Gasteiger partial charge in [0.05, 0.1) is 12.5 Å². The third-order valence-electron chi connectivity index (χ3n) is 5.29. The molecule has 0 radical (unpaired) electrons. The van der Waals surface area contributed by atoms with Gasteiger partial charge in [0, 0.05) is 19.6 Å². The van der Waals surface area contributed by atoms with Gasteiger partial charge in [0.2, 0.25) is 11.8 Å². The van der Waals surface area contributed by atoms with E-state index < -0.39 is 0 Å². The van der Waals surface area contributed by atoms with Crippen LogP contribution in [0.2, 0.25) is 0 Å². The summed E-state index contributed by atoms with van der Waals surface area (Å²) in [5.74, 6) is -0.0647. The van der Waals surface area contributed by atoms with Gasteiger partial charge in [0.1, 0.15) is 0 Å². The van der Waals surface area contributed by atoms with Crippen LogP contribution in [-0.4, -0.2) is 40.7 Å². The molecule has 2 aromatic carbocycles. The van der Waals surface area contributed by atoms with Gasteiger partial charge in [-0.15, -0.1) is 0 Å². The maximum Gasteiger partial charge on any atom is 0.247 e. The fraction of sp³-hybridized carbons (Fsp3) is 0.333. The van der Waals surface area contributed by atoms with E-state index in [0.717, 1.165) is 25.1 Å². The molecule has 4 rings (SSSR count). The van der Waals surface area contributed by atoms with Crippen molar-refractivity contribution < 1.29 is 9.59 Å². The van der Waals surface area contributed by atoms with Gasteiger partial charge in [-0.25, -0.2) is 0 Å². The highest BCUT2D eigenvalue weighted by Crippen LogP contribution is 2.26. The third-order valence-corrected chi connectivity index (χ3v) is 5.29. The zero-order valence-corrected chi connectivity index (χ0v) is 14.2. The monoisotopic (exact) mass is 334 g/mol. The standard InChI is InChI=1S/C21H22N2O2/c24-20-14-19(22-12-11-17-8-4-5-9-18(17)15-22)21(25)23(20)13-10-16-6-2-1-3-7-16/h1-9,19H,10-15H2/t19-/m1/s1. The van der Waals surface area contributed by atoms with Gasteiger partial charge in [-0.1, -0.05) is 54.6 Å². The summed E-state index contributed by atoms with van der Waals surface area (Å²) in [6.07, 6.45) is 1.97. The van der Waals surface area contributed by atoms with E-state index in [4.69, 9.17) is 0 Å². The molecule has 0 aliphatic carbocycles. The molecule has 0 aromatic heterocycles. The van der Waals surface area contributed by atoms with Crippen molar-refractivity contribution in [3.05, 3.63) is 71.3 Å². The van der Waals surface area contributed by atoms with Crippen molar-refractivity contribution in [1.29, 1.82) is 0 Å². The number of nitrogens with zero attached hydrogens (tertiary/aromatic N) is 2. The minimum Gasteiger partial charge on any atom is -0.287 e. The average Bonchev–Trinajstić information content (AvgIpc) is 2.94. The molecule has 4 nitrogen and oxygen atoms in total. The first-order valence-electron chi connectivity index (χ1n) is 8.91. The number of carbonyl (C=O) groups excluding carboxylic acids is 2. The molecule has 1 atom stereocenters. The number of imide groups is 1. The number of benzene rings is 2. The van der Waals surface area contributed by atoms with E-state index in [1.165, 1.54) is 16.0 Å². The Bertz CT molecular complexity index is 787. The number of fused-ring (bicyclic) bond motifs is 1. The number of rotatable bonds is 4. The SMILES string of the molecule is O=C1C[C@@H](N2CCc3ccccc3C2)C(=O)N1CCc1ccccc1. The molecule has 1 saturated heterocycles. The highest BCUT2D eigenvalue weighted by molar-refractivity contribution is 6.05. The molecule has 128 valence electrons. The first kappa shape index (κ1) is 16.0. The van der Waals surface area contributed by atoms with Crippen LogP contribution in [0.3, 0.4) is 0 Å². The predicted molar refractivity (Wildman–Crippen MR) is 95.8 cm³/mol. The van der Waals surface area contributed by atoms with Crippen molar-refractivity contribution in [1.82, 2.24) is 9.80 Å². The lowest BCUT2D eigenvalue weighted by Crippen LogP contribution is -2.44. The molecule has 0 saturated carbocycles. The zero-order valence-electron chi connectivity index (χ0n) is 14.2. The summed E-state index contributed by atoms with van der Waals surface area (Å²) in [6, 6.07) is 18.1.